The molecule has 1 saturated heterocycles. The van der Waals surface area contributed by atoms with E-state index in [1.807, 2.05) is 36.6 Å². The molecule has 3 heterocycles. The lowest BCUT2D eigenvalue weighted by molar-refractivity contribution is 0.0847. The zero-order valence-electron chi connectivity index (χ0n) is 23.5. The molecular weight excluding hydrogens is 553 g/mol. The van der Waals surface area contributed by atoms with E-state index >= 15 is 0 Å². The van der Waals surface area contributed by atoms with Gasteiger partial charge >= 0.3 is 0 Å². The van der Waals surface area contributed by atoms with Gasteiger partial charge in [-0.3, -0.25) is 9.69 Å². The number of rotatable bonds is 7. The summed E-state index contributed by atoms with van der Waals surface area (Å²) in [6.07, 6.45) is -0.660. The molecule has 1 aromatic heterocycles. The number of amides is 1. The number of aliphatic hydroxyl groups excluding tert-OH is 1. The Balaban J connectivity index is 0.00000220. The van der Waals surface area contributed by atoms with Crippen molar-refractivity contribution in [1.29, 1.82) is 0 Å². The molecule has 1 unspecified atom stereocenters. The number of carbonyl (C=O) groups is 1. The minimum atomic E-state index is -0.660. The molecule has 0 aliphatic carbocycles. The first-order valence-corrected chi connectivity index (χ1v) is 13.3. The van der Waals surface area contributed by atoms with E-state index in [4.69, 9.17) is 9.47 Å². The minimum absolute atomic E-state index is 0. The Morgan fingerprint density at radius 3 is 2.42 bits per heavy atom. The molecule has 2 N–H and O–H groups in total. The monoisotopic (exact) mass is 591 g/mol. The van der Waals surface area contributed by atoms with Gasteiger partial charge in [0.15, 0.2) is 11.5 Å². The SMILES string of the molecule is Cc1cccc(N2CCN(CC(O)CNC(=O)c3nc(C)n(-c4ccc5c(c4)OCCO5)c3C)CC2)c1C.Cl.Cl. The molecule has 218 valence electrons. The molecular formula is C29H39Cl2N5O4. The van der Waals surface area contributed by atoms with Crippen LogP contribution in [0.15, 0.2) is 36.4 Å². The van der Waals surface area contributed by atoms with E-state index in [0.29, 0.717) is 42.8 Å². The van der Waals surface area contributed by atoms with Crippen LogP contribution in [0, 0.1) is 27.7 Å². The van der Waals surface area contributed by atoms with Crippen molar-refractivity contribution < 1.29 is 19.4 Å². The summed E-state index contributed by atoms with van der Waals surface area (Å²) in [4.78, 5) is 22.2. The maximum absolute atomic E-state index is 13.0. The second-order valence-electron chi connectivity index (χ2n) is 10.1. The molecule has 0 radical (unpaired) electrons. The van der Waals surface area contributed by atoms with Gasteiger partial charge in [0.1, 0.15) is 24.7 Å². The number of aliphatic hydroxyl groups is 1. The number of hydrogen-bond donors (Lipinski definition) is 2. The first kappa shape index (κ1) is 31.5. The lowest BCUT2D eigenvalue weighted by atomic mass is 10.1. The van der Waals surface area contributed by atoms with Gasteiger partial charge in [0, 0.05) is 51.0 Å². The van der Waals surface area contributed by atoms with Crippen LogP contribution in [0.1, 0.15) is 33.1 Å². The molecule has 40 heavy (non-hydrogen) atoms. The van der Waals surface area contributed by atoms with E-state index in [1.54, 1.807) is 0 Å². The molecule has 11 heteroatoms. The summed E-state index contributed by atoms with van der Waals surface area (Å²) in [7, 11) is 0. The number of fused-ring (bicyclic) bond motifs is 1. The molecule has 3 aromatic rings. The van der Waals surface area contributed by atoms with Crippen LogP contribution in [0.4, 0.5) is 5.69 Å². The highest BCUT2D eigenvalue weighted by atomic mass is 35.5. The van der Waals surface area contributed by atoms with Gasteiger partial charge in [0.25, 0.3) is 5.91 Å². The Morgan fingerprint density at radius 1 is 1.00 bits per heavy atom. The highest BCUT2D eigenvalue weighted by Gasteiger charge is 2.23. The molecule has 1 fully saturated rings. The number of ether oxygens (including phenoxy) is 2. The Hall–Kier alpha value is -2.98. The smallest absolute Gasteiger partial charge is 0.271 e. The number of nitrogens with zero attached hydrogens (tertiary/aromatic N) is 4. The van der Waals surface area contributed by atoms with E-state index in [1.165, 1.54) is 16.8 Å². The molecule has 2 aliphatic heterocycles. The van der Waals surface area contributed by atoms with Gasteiger partial charge < -0.3 is 29.4 Å². The fourth-order valence-corrected chi connectivity index (χ4v) is 5.31. The van der Waals surface area contributed by atoms with Crippen LogP contribution in [0.3, 0.4) is 0 Å². The Bertz CT molecular complexity index is 1320. The summed E-state index contributed by atoms with van der Waals surface area (Å²) >= 11 is 0. The van der Waals surface area contributed by atoms with Crippen LogP contribution < -0.4 is 19.7 Å². The van der Waals surface area contributed by atoms with Crippen LogP contribution in [-0.2, 0) is 0 Å². The minimum Gasteiger partial charge on any atom is -0.486 e. The van der Waals surface area contributed by atoms with Crippen molar-refractivity contribution in [3.63, 3.8) is 0 Å². The normalized spacial score (nSPS) is 15.6. The van der Waals surface area contributed by atoms with E-state index in [9.17, 15) is 9.90 Å². The molecule has 1 atom stereocenters. The summed E-state index contributed by atoms with van der Waals surface area (Å²) in [6, 6.07) is 12.1. The predicted octanol–water partition coefficient (Wildman–Crippen LogP) is 3.63. The Labute approximate surface area is 248 Å². The highest BCUT2D eigenvalue weighted by molar-refractivity contribution is 5.93. The van der Waals surface area contributed by atoms with Crippen LogP contribution in [-0.4, -0.2) is 84.1 Å². The molecule has 2 aliphatic rings. The number of aromatic nitrogens is 2. The summed E-state index contributed by atoms with van der Waals surface area (Å²) < 4.78 is 13.3. The molecule has 0 bridgehead atoms. The molecule has 0 saturated carbocycles. The summed E-state index contributed by atoms with van der Waals surface area (Å²) in [5.74, 6) is 1.81. The van der Waals surface area contributed by atoms with Gasteiger partial charge in [-0.15, -0.1) is 24.8 Å². The first-order valence-electron chi connectivity index (χ1n) is 13.3. The number of carbonyl (C=O) groups excluding carboxylic acids is 1. The quantitative estimate of drug-likeness (QED) is 0.433. The summed E-state index contributed by atoms with van der Waals surface area (Å²) in [5.41, 5.74) is 5.86. The average molecular weight is 593 g/mol. The number of aryl methyl sites for hydroxylation is 2. The molecule has 1 amide bonds. The fourth-order valence-electron chi connectivity index (χ4n) is 5.31. The maximum Gasteiger partial charge on any atom is 0.271 e. The number of nitrogens with one attached hydrogen (secondary N) is 1. The summed E-state index contributed by atoms with van der Waals surface area (Å²) in [6.45, 7) is 13.4. The van der Waals surface area contributed by atoms with Crippen molar-refractivity contribution in [3.8, 4) is 17.2 Å². The van der Waals surface area contributed by atoms with E-state index in [-0.39, 0.29) is 37.3 Å². The Kier molecular flexibility index (Phi) is 10.7. The molecule has 2 aromatic carbocycles. The lowest BCUT2D eigenvalue weighted by Gasteiger charge is -2.37. The molecule has 9 nitrogen and oxygen atoms in total. The highest BCUT2D eigenvalue weighted by Crippen LogP contribution is 2.33. The predicted molar refractivity (Wildman–Crippen MR) is 161 cm³/mol. The van der Waals surface area contributed by atoms with Crippen molar-refractivity contribution in [3.05, 3.63) is 64.7 Å². The maximum atomic E-state index is 13.0. The van der Waals surface area contributed by atoms with Gasteiger partial charge in [-0.2, -0.15) is 0 Å². The topological polar surface area (TPSA) is 92.1 Å². The number of imidazole rings is 1. The third-order valence-corrected chi connectivity index (χ3v) is 7.53. The largest absolute Gasteiger partial charge is 0.486 e. The van der Waals surface area contributed by atoms with Crippen LogP contribution >= 0.6 is 24.8 Å². The Morgan fingerprint density at radius 2 is 1.70 bits per heavy atom. The van der Waals surface area contributed by atoms with E-state index in [0.717, 1.165) is 37.6 Å². The number of anilines is 1. The lowest BCUT2D eigenvalue weighted by Crippen LogP contribution is -2.50. The third-order valence-electron chi connectivity index (χ3n) is 7.53. The number of halogens is 2. The van der Waals surface area contributed by atoms with Crippen LogP contribution in [0.25, 0.3) is 5.69 Å². The van der Waals surface area contributed by atoms with Crippen molar-refractivity contribution in [2.45, 2.75) is 33.8 Å². The van der Waals surface area contributed by atoms with Crippen molar-refractivity contribution in [1.82, 2.24) is 19.8 Å². The second kappa shape index (κ2) is 13.6. The van der Waals surface area contributed by atoms with Gasteiger partial charge in [-0.1, -0.05) is 12.1 Å². The van der Waals surface area contributed by atoms with Crippen molar-refractivity contribution in [2.75, 3.05) is 57.4 Å². The van der Waals surface area contributed by atoms with Crippen LogP contribution in [0.2, 0.25) is 0 Å². The number of hydrogen-bond acceptors (Lipinski definition) is 7. The first-order chi connectivity index (χ1) is 18.3. The van der Waals surface area contributed by atoms with E-state index in [2.05, 4.69) is 52.1 Å². The number of β-amino-alcohol motifs (C(OH)–C–C–N with tert-alkyl or cyclic N) is 1. The third kappa shape index (κ3) is 6.66. The number of benzene rings is 2. The molecule has 5 rings (SSSR count). The van der Waals surface area contributed by atoms with Crippen LogP contribution in [0.5, 0.6) is 11.5 Å². The number of piperazine rings is 1. The van der Waals surface area contributed by atoms with E-state index < -0.39 is 6.10 Å². The zero-order valence-corrected chi connectivity index (χ0v) is 25.1. The van der Waals surface area contributed by atoms with Crippen molar-refractivity contribution >= 4 is 36.4 Å². The summed E-state index contributed by atoms with van der Waals surface area (Å²) in [5, 5.41) is 13.5. The zero-order chi connectivity index (χ0) is 26.8. The van der Waals surface area contributed by atoms with Gasteiger partial charge in [0.05, 0.1) is 17.5 Å². The van der Waals surface area contributed by atoms with Gasteiger partial charge in [-0.05, 0) is 57.0 Å². The molecule has 0 spiro atoms. The fraction of sp³-hybridized carbons (Fsp3) is 0.448. The van der Waals surface area contributed by atoms with Gasteiger partial charge in [0.2, 0.25) is 0 Å². The standard InChI is InChI=1S/C29H37N5O4.2ClH/c1-19-6-5-7-25(20(19)2)33-12-10-32(11-13-33)18-24(35)17-30-29(36)28-21(3)34(22(4)31-28)23-8-9-26-27(16-23)38-15-14-37-26;;/h5-9,16,24,35H,10-15,17-18H2,1-4H3,(H,30,36);2*1H. The van der Waals surface area contributed by atoms with Crippen molar-refractivity contribution in [2.24, 2.45) is 0 Å². The van der Waals surface area contributed by atoms with Gasteiger partial charge in [-0.25, -0.2) is 4.98 Å². The second-order valence-corrected chi connectivity index (χ2v) is 10.1. The average Bonchev–Trinajstić information content (AvgIpc) is 3.22.